The minimum Gasteiger partial charge on any atom is -0.322 e. The van der Waals surface area contributed by atoms with Gasteiger partial charge in [-0.3, -0.25) is 4.79 Å². The van der Waals surface area contributed by atoms with E-state index in [2.05, 4.69) is 20.9 Å². The van der Waals surface area contributed by atoms with Gasteiger partial charge in [0.2, 0.25) is 5.56 Å². The number of nitrogens with one attached hydrogen (secondary N) is 1. The summed E-state index contributed by atoms with van der Waals surface area (Å²) < 4.78 is 1.05. The van der Waals surface area contributed by atoms with Gasteiger partial charge < -0.3 is 4.98 Å². The van der Waals surface area contributed by atoms with Crippen molar-refractivity contribution in [3.8, 4) is 11.1 Å². The number of aromatic amines is 1. The molecule has 4 heteroatoms. The summed E-state index contributed by atoms with van der Waals surface area (Å²) in [5.41, 5.74) is 4.61. The van der Waals surface area contributed by atoms with Gasteiger partial charge in [0.1, 0.15) is 0 Å². The van der Waals surface area contributed by atoms with Crippen molar-refractivity contribution < 1.29 is 0 Å². The lowest BCUT2D eigenvalue weighted by atomic mass is 9.96. The van der Waals surface area contributed by atoms with Crippen LogP contribution in [0.4, 0.5) is 0 Å². The van der Waals surface area contributed by atoms with Crippen LogP contribution in [0, 0.1) is 13.8 Å². The summed E-state index contributed by atoms with van der Waals surface area (Å²) in [5, 5.41) is 1.65. The van der Waals surface area contributed by atoms with Gasteiger partial charge in [0.15, 0.2) is 0 Å². The third-order valence-corrected chi connectivity index (χ3v) is 5.20. The van der Waals surface area contributed by atoms with E-state index in [1.54, 1.807) is 6.07 Å². The van der Waals surface area contributed by atoms with Crippen LogP contribution in [0.15, 0.2) is 45.7 Å². The molecular weight excluding hydrogens is 350 g/mol. The second-order valence-corrected chi connectivity index (χ2v) is 6.28. The number of hydrogen-bond acceptors (Lipinski definition) is 1. The number of rotatable bonds is 1. The number of hydrogen-bond donors (Lipinski definition) is 1. The first-order chi connectivity index (χ1) is 9.99. The second kappa shape index (κ2) is 5.32. The van der Waals surface area contributed by atoms with Gasteiger partial charge in [0.25, 0.3) is 0 Å². The summed E-state index contributed by atoms with van der Waals surface area (Å²) in [5.74, 6) is 0. The van der Waals surface area contributed by atoms with Crippen molar-refractivity contribution in [2.75, 3.05) is 0 Å². The average molecular weight is 363 g/mol. The molecule has 21 heavy (non-hydrogen) atoms. The van der Waals surface area contributed by atoms with Crippen LogP contribution in [-0.2, 0) is 0 Å². The van der Waals surface area contributed by atoms with Crippen LogP contribution < -0.4 is 5.56 Å². The Bertz CT molecular complexity index is 915. The standard InChI is InChI=1S/C17H13BrClNO/c1-9-7-14-16(10(2)17(9)18)12(8-15(21)20-14)11-5-3-4-6-13(11)19/h3-8H,1-2H3,(H,20,21). The third-order valence-electron chi connectivity index (χ3n) is 3.65. The van der Waals surface area contributed by atoms with Gasteiger partial charge in [-0.2, -0.15) is 0 Å². The van der Waals surface area contributed by atoms with Crippen molar-refractivity contribution in [2.24, 2.45) is 0 Å². The molecular formula is C17H13BrClNO. The molecule has 1 N–H and O–H groups in total. The number of halogens is 2. The van der Waals surface area contributed by atoms with Gasteiger partial charge in [-0.25, -0.2) is 0 Å². The van der Waals surface area contributed by atoms with Gasteiger partial charge >= 0.3 is 0 Å². The van der Waals surface area contributed by atoms with Crippen molar-refractivity contribution in [1.82, 2.24) is 4.98 Å². The fourth-order valence-electron chi connectivity index (χ4n) is 2.67. The number of pyridine rings is 1. The van der Waals surface area contributed by atoms with E-state index in [0.29, 0.717) is 5.02 Å². The van der Waals surface area contributed by atoms with E-state index in [0.717, 1.165) is 37.6 Å². The molecule has 0 radical (unpaired) electrons. The first-order valence-corrected chi connectivity index (χ1v) is 7.74. The predicted octanol–water partition coefficient (Wildman–Crippen LogP) is 5.23. The minimum absolute atomic E-state index is 0.126. The Morgan fingerprint density at radius 3 is 2.52 bits per heavy atom. The van der Waals surface area contributed by atoms with Crippen molar-refractivity contribution in [2.45, 2.75) is 13.8 Å². The number of aromatic nitrogens is 1. The molecule has 0 amide bonds. The first kappa shape index (κ1) is 14.4. The molecule has 0 spiro atoms. The number of aryl methyl sites for hydroxylation is 2. The number of benzene rings is 2. The van der Waals surface area contributed by atoms with E-state index in [9.17, 15) is 4.79 Å². The molecule has 0 aliphatic carbocycles. The van der Waals surface area contributed by atoms with E-state index in [4.69, 9.17) is 11.6 Å². The largest absolute Gasteiger partial charge is 0.322 e. The normalized spacial score (nSPS) is 11.0. The lowest BCUT2D eigenvalue weighted by Crippen LogP contribution is -2.06. The van der Waals surface area contributed by atoms with Crippen LogP contribution in [0.25, 0.3) is 22.0 Å². The molecule has 0 saturated heterocycles. The molecule has 106 valence electrons. The fourth-order valence-corrected chi connectivity index (χ4v) is 3.22. The van der Waals surface area contributed by atoms with Gasteiger partial charge in [0.05, 0.1) is 0 Å². The molecule has 2 nitrogen and oxygen atoms in total. The summed E-state index contributed by atoms with van der Waals surface area (Å²) in [7, 11) is 0. The van der Waals surface area contributed by atoms with Gasteiger partial charge in [0, 0.05) is 32.0 Å². The smallest absolute Gasteiger partial charge is 0.249 e. The molecule has 0 aliphatic heterocycles. The lowest BCUT2D eigenvalue weighted by molar-refractivity contribution is 1.28. The molecule has 0 bridgehead atoms. The van der Waals surface area contributed by atoms with Crippen LogP contribution in [0.1, 0.15) is 11.1 Å². The molecule has 0 fully saturated rings. The van der Waals surface area contributed by atoms with Crippen LogP contribution in [-0.4, -0.2) is 4.98 Å². The molecule has 1 heterocycles. The minimum atomic E-state index is -0.126. The summed E-state index contributed by atoms with van der Waals surface area (Å²) in [6.45, 7) is 4.05. The zero-order chi connectivity index (χ0) is 15.1. The molecule has 0 aliphatic rings. The van der Waals surface area contributed by atoms with Crippen molar-refractivity contribution >= 4 is 38.4 Å². The lowest BCUT2D eigenvalue weighted by Gasteiger charge is -2.13. The zero-order valence-electron chi connectivity index (χ0n) is 11.6. The second-order valence-electron chi connectivity index (χ2n) is 5.08. The Morgan fingerprint density at radius 1 is 1.10 bits per heavy atom. The topological polar surface area (TPSA) is 32.9 Å². The molecule has 3 aromatic rings. The highest BCUT2D eigenvalue weighted by Crippen LogP contribution is 2.36. The van der Waals surface area contributed by atoms with Crippen molar-refractivity contribution in [3.05, 3.63) is 67.4 Å². The molecule has 3 rings (SSSR count). The predicted molar refractivity (Wildman–Crippen MR) is 92.2 cm³/mol. The highest BCUT2D eigenvalue weighted by molar-refractivity contribution is 9.10. The fraction of sp³-hybridized carbons (Fsp3) is 0.118. The molecule has 0 atom stereocenters. The first-order valence-electron chi connectivity index (χ1n) is 6.56. The third kappa shape index (κ3) is 2.41. The summed E-state index contributed by atoms with van der Waals surface area (Å²) >= 11 is 9.93. The van der Waals surface area contributed by atoms with Gasteiger partial charge in [-0.15, -0.1) is 0 Å². The van der Waals surface area contributed by atoms with Crippen LogP contribution in [0.5, 0.6) is 0 Å². The summed E-state index contributed by atoms with van der Waals surface area (Å²) in [6.07, 6.45) is 0. The van der Waals surface area contributed by atoms with E-state index in [-0.39, 0.29) is 5.56 Å². The SMILES string of the molecule is Cc1cc2[nH]c(=O)cc(-c3ccccc3Cl)c2c(C)c1Br. The Morgan fingerprint density at radius 2 is 1.81 bits per heavy atom. The zero-order valence-corrected chi connectivity index (χ0v) is 14.0. The highest BCUT2D eigenvalue weighted by Gasteiger charge is 2.14. The maximum atomic E-state index is 12.0. The molecule has 0 saturated carbocycles. The van der Waals surface area contributed by atoms with E-state index >= 15 is 0 Å². The average Bonchev–Trinajstić information content (AvgIpc) is 2.44. The summed E-state index contributed by atoms with van der Waals surface area (Å²) in [4.78, 5) is 14.9. The van der Waals surface area contributed by atoms with E-state index in [1.807, 2.05) is 44.2 Å². The van der Waals surface area contributed by atoms with E-state index < -0.39 is 0 Å². The number of fused-ring (bicyclic) bond motifs is 1. The maximum Gasteiger partial charge on any atom is 0.249 e. The molecule has 1 aromatic heterocycles. The van der Waals surface area contributed by atoms with Gasteiger partial charge in [-0.1, -0.05) is 45.7 Å². The Balaban J connectivity index is 2.51. The maximum absolute atomic E-state index is 12.0. The van der Waals surface area contributed by atoms with E-state index in [1.165, 1.54) is 0 Å². The van der Waals surface area contributed by atoms with Crippen molar-refractivity contribution in [3.63, 3.8) is 0 Å². The number of H-pyrrole nitrogens is 1. The highest BCUT2D eigenvalue weighted by atomic mass is 79.9. The van der Waals surface area contributed by atoms with Crippen LogP contribution in [0.2, 0.25) is 5.02 Å². The summed E-state index contributed by atoms with van der Waals surface area (Å²) in [6, 6.07) is 11.2. The molecule has 0 unspecified atom stereocenters. The van der Waals surface area contributed by atoms with Crippen molar-refractivity contribution in [1.29, 1.82) is 0 Å². The quantitative estimate of drug-likeness (QED) is 0.632. The van der Waals surface area contributed by atoms with Gasteiger partial charge in [-0.05, 0) is 42.7 Å². The van der Waals surface area contributed by atoms with Crippen LogP contribution in [0.3, 0.4) is 0 Å². The Kier molecular flexibility index (Phi) is 3.64. The Hall–Kier alpha value is -1.58. The Labute approximate surface area is 135 Å². The monoisotopic (exact) mass is 361 g/mol. The molecule has 2 aromatic carbocycles. The van der Waals surface area contributed by atoms with Crippen LogP contribution >= 0.6 is 27.5 Å².